The number of amides is 2. The molecule has 3 nitrogen and oxygen atoms in total. The lowest BCUT2D eigenvalue weighted by molar-refractivity contribution is 0.249. The summed E-state index contributed by atoms with van der Waals surface area (Å²) in [5, 5.41) is 5.28. The van der Waals surface area contributed by atoms with Crippen LogP contribution in [-0.4, -0.2) is 12.1 Å². The summed E-state index contributed by atoms with van der Waals surface area (Å²) in [7, 11) is 0. The highest BCUT2D eigenvalue weighted by Gasteiger charge is 2.05. The van der Waals surface area contributed by atoms with E-state index in [1.807, 2.05) is 13.8 Å². The van der Waals surface area contributed by atoms with Crippen LogP contribution in [0.5, 0.6) is 0 Å². The highest BCUT2D eigenvalue weighted by atomic mass is 19.1. The molecule has 0 aliphatic heterocycles. The molecule has 0 aromatic heterocycles. The Hall–Kier alpha value is -1.58. The van der Waals surface area contributed by atoms with E-state index >= 15 is 0 Å². The first kappa shape index (κ1) is 11.5. The second kappa shape index (κ2) is 5.34. The Kier molecular flexibility index (Phi) is 4.09. The molecule has 1 aromatic rings. The number of benzene rings is 1. The molecule has 0 aliphatic carbocycles. The van der Waals surface area contributed by atoms with Gasteiger partial charge in [0.2, 0.25) is 0 Å². The summed E-state index contributed by atoms with van der Waals surface area (Å²) < 4.78 is 12.8. The number of nitrogens with one attached hydrogen (secondary N) is 2. The van der Waals surface area contributed by atoms with Crippen molar-refractivity contribution in [2.45, 2.75) is 26.3 Å². The molecule has 0 saturated heterocycles. The van der Waals surface area contributed by atoms with Crippen LogP contribution in [0.25, 0.3) is 0 Å². The molecule has 0 saturated carbocycles. The summed E-state index contributed by atoms with van der Waals surface area (Å²) in [5.41, 5.74) is 0.454. The molecule has 0 aliphatic rings. The molecule has 1 aromatic carbocycles. The van der Waals surface area contributed by atoms with Crippen LogP contribution in [0.3, 0.4) is 0 Å². The van der Waals surface area contributed by atoms with Gasteiger partial charge in [-0.15, -0.1) is 0 Å². The number of carbonyl (C=O) groups excluding carboxylic acids is 1. The molecule has 2 N–H and O–H groups in total. The van der Waals surface area contributed by atoms with Crippen LogP contribution >= 0.6 is 0 Å². The van der Waals surface area contributed by atoms with Crippen molar-refractivity contribution in [3.8, 4) is 0 Å². The van der Waals surface area contributed by atoms with E-state index in [1.54, 1.807) is 12.1 Å². The Balaban J connectivity index is 2.51. The summed E-state index contributed by atoms with van der Waals surface area (Å²) >= 11 is 0. The first-order valence-corrected chi connectivity index (χ1v) is 4.95. The van der Waals surface area contributed by atoms with E-state index in [0.717, 1.165) is 6.42 Å². The zero-order chi connectivity index (χ0) is 11.3. The molecule has 4 heteroatoms. The molecule has 1 rings (SSSR count). The quantitative estimate of drug-likeness (QED) is 0.791. The van der Waals surface area contributed by atoms with Gasteiger partial charge in [0.25, 0.3) is 0 Å². The van der Waals surface area contributed by atoms with Crippen LogP contribution in [0.15, 0.2) is 24.3 Å². The van der Waals surface area contributed by atoms with Crippen LogP contribution in [-0.2, 0) is 0 Å². The van der Waals surface area contributed by atoms with E-state index < -0.39 is 0 Å². The van der Waals surface area contributed by atoms with Crippen LogP contribution in [0.2, 0.25) is 0 Å². The molecule has 0 heterocycles. The van der Waals surface area contributed by atoms with Crippen LogP contribution in [0.1, 0.15) is 20.3 Å². The van der Waals surface area contributed by atoms with Gasteiger partial charge in [-0.1, -0.05) is 13.0 Å². The minimum absolute atomic E-state index is 0.110. The van der Waals surface area contributed by atoms with Gasteiger partial charge in [-0.3, -0.25) is 0 Å². The molecular formula is C11H15FN2O. The van der Waals surface area contributed by atoms with Crippen molar-refractivity contribution in [3.63, 3.8) is 0 Å². The first-order chi connectivity index (χ1) is 7.11. The Labute approximate surface area is 88.7 Å². The minimum atomic E-state index is -0.365. The number of carbonyl (C=O) groups is 1. The summed E-state index contributed by atoms with van der Waals surface area (Å²) in [4.78, 5) is 11.3. The highest BCUT2D eigenvalue weighted by Crippen LogP contribution is 2.08. The standard InChI is InChI=1S/C11H15FN2O/c1-3-8(2)13-11(15)14-10-6-4-5-9(12)7-10/h4-8H,3H2,1-2H3,(H2,13,14,15)/t8-/m0/s1. The topological polar surface area (TPSA) is 41.1 Å². The number of anilines is 1. The fourth-order valence-electron chi connectivity index (χ4n) is 1.06. The van der Waals surface area contributed by atoms with Crippen molar-refractivity contribution in [2.24, 2.45) is 0 Å². The van der Waals surface area contributed by atoms with Crippen molar-refractivity contribution >= 4 is 11.7 Å². The van der Waals surface area contributed by atoms with E-state index in [2.05, 4.69) is 10.6 Å². The van der Waals surface area contributed by atoms with Crippen molar-refractivity contribution in [1.29, 1.82) is 0 Å². The molecule has 0 unspecified atom stereocenters. The van der Waals surface area contributed by atoms with Gasteiger partial charge in [0, 0.05) is 11.7 Å². The normalized spacial score (nSPS) is 11.9. The van der Waals surface area contributed by atoms with E-state index in [9.17, 15) is 9.18 Å². The van der Waals surface area contributed by atoms with Gasteiger partial charge < -0.3 is 10.6 Å². The number of hydrogen-bond acceptors (Lipinski definition) is 1. The average molecular weight is 210 g/mol. The predicted octanol–water partition coefficient (Wildman–Crippen LogP) is 2.75. The Morgan fingerprint density at radius 3 is 2.87 bits per heavy atom. The molecule has 2 amide bonds. The molecule has 0 spiro atoms. The summed E-state index contributed by atoms with van der Waals surface area (Å²) in [6, 6.07) is 5.59. The zero-order valence-electron chi connectivity index (χ0n) is 8.88. The van der Waals surface area contributed by atoms with Gasteiger partial charge in [-0.2, -0.15) is 0 Å². The van der Waals surface area contributed by atoms with Crippen molar-refractivity contribution in [3.05, 3.63) is 30.1 Å². The maximum Gasteiger partial charge on any atom is 0.319 e. The third kappa shape index (κ3) is 3.97. The maximum atomic E-state index is 12.8. The third-order valence-electron chi connectivity index (χ3n) is 2.07. The SMILES string of the molecule is CC[C@H](C)NC(=O)Nc1cccc(F)c1. The van der Waals surface area contributed by atoms with Gasteiger partial charge in [-0.25, -0.2) is 9.18 Å². The van der Waals surface area contributed by atoms with Crippen LogP contribution < -0.4 is 10.6 Å². The third-order valence-corrected chi connectivity index (χ3v) is 2.07. The van der Waals surface area contributed by atoms with Crippen LogP contribution in [0.4, 0.5) is 14.9 Å². The number of hydrogen-bond donors (Lipinski definition) is 2. The maximum absolute atomic E-state index is 12.8. The summed E-state index contributed by atoms with van der Waals surface area (Å²) in [5.74, 6) is -0.365. The van der Waals surface area contributed by atoms with Gasteiger partial charge in [-0.05, 0) is 31.5 Å². The number of rotatable bonds is 3. The monoisotopic (exact) mass is 210 g/mol. The Morgan fingerprint density at radius 2 is 2.27 bits per heavy atom. The average Bonchev–Trinajstić information content (AvgIpc) is 2.17. The van der Waals surface area contributed by atoms with Gasteiger partial charge >= 0.3 is 6.03 Å². The summed E-state index contributed by atoms with van der Waals surface area (Å²) in [6.45, 7) is 3.89. The van der Waals surface area contributed by atoms with E-state index in [-0.39, 0.29) is 17.9 Å². The molecule has 82 valence electrons. The predicted molar refractivity (Wildman–Crippen MR) is 58.3 cm³/mol. The lowest BCUT2D eigenvalue weighted by Crippen LogP contribution is -2.35. The zero-order valence-corrected chi connectivity index (χ0v) is 8.88. The lowest BCUT2D eigenvalue weighted by atomic mass is 10.3. The summed E-state index contributed by atoms with van der Waals surface area (Å²) in [6.07, 6.45) is 0.858. The number of urea groups is 1. The van der Waals surface area contributed by atoms with Gasteiger partial charge in [0.05, 0.1) is 0 Å². The fraction of sp³-hybridized carbons (Fsp3) is 0.364. The molecule has 0 bridgehead atoms. The molecule has 1 atom stereocenters. The Bertz CT molecular complexity index is 341. The smallest absolute Gasteiger partial charge is 0.319 e. The van der Waals surface area contributed by atoms with Crippen molar-refractivity contribution in [1.82, 2.24) is 5.32 Å². The molecule has 15 heavy (non-hydrogen) atoms. The number of halogens is 1. The minimum Gasteiger partial charge on any atom is -0.335 e. The van der Waals surface area contributed by atoms with Crippen molar-refractivity contribution in [2.75, 3.05) is 5.32 Å². The molecular weight excluding hydrogens is 195 g/mol. The van der Waals surface area contributed by atoms with Crippen LogP contribution in [0, 0.1) is 5.82 Å². The molecule has 0 radical (unpaired) electrons. The van der Waals surface area contributed by atoms with Crippen molar-refractivity contribution < 1.29 is 9.18 Å². The second-order valence-electron chi connectivity index (χ2n) is 3.42. The fourth-order valence-corrected chi connectivity index (χ4v) is 1.06. The second-order valence-corrected chi connectivity index (χ2v) is 3.42. The van der Waals surface area contributed by atoms with E-state index in [4.69, 9.17) is 0 Å². The molecule has 0 fully saturated rings. The van der Waals surface area contributed by atoms with E-state index in [1.165, 1.54) is 12.1 Å². The van der Waals surface area contributed by atoms with E-state index in [0.29, 0.717) is 5.69 Å². The van der Waals surface area contributed by atoms with Gasteiger partial charge in [0.15, 0.2) is 0 Å². The Morgan fingerprint density at radius 1 is 1.53 bits per heavy atom. The first-order valence-electron chi connectivity index (χ1n) is 4.95. The van der Waals surface area contributed by atoms with Gasteiger partial charge in [0.1, 0.15) is 5.82 Å². The lowest BCUT2D eigenvalue weighted by Gasteiger charge is -2.12. The highest BCUT2D eigenvalue weighted by molar-refractivity contribution is 5.89. The largest absolute Gasteiger partial charge is 0.335 e.